The van der Waals surface area contributed by atoms with Gasteiger partial charge in [-0.3, -0.25) is 0 Å². The largest absolute Gasteiger partial charge is 0.390 e. The summed E-state index contributed by atoms with van der Waals surface area (Å²) in [7, 11) is 0. The molecule has 1 rings (SSSR count). The van der Waals surface area contributed by atoms with Gasteiger partial charge < -0.3 is 15.4 Å². The van der Waals surface area contributed by atoms with Gasteiger partial charge in [-0.05, 0) is 20.8 Å². The van der Waals surface area contributed by atoms with Crippen LogP contribution in [-0.2, 0) is 6.61 Å². The van der Waals surface area contributed by atoms with Gasteiger partial charge in [0.25, 0.3) is 0 Å². The van der Waals surface area contributed by atoms with Crippen LogP contribution < -0.4 is 5.73 Å². The second-order valence-electron chi connectivity index (χ2n) is 2.96. The average molecular weight is 169 g/mol. The van der Waals surface area contributed by atoms with Crippen LogP contribution in [0.3, 0.4) is 0 Å². The van der Waals surface area contributed by atoms with E-state index in [1.54, 1.807) is 0 Å². The number of aryl methyl sites for hydroxylation is 2. The van der Waals surface area contributed by atoms with Crippen LogP contribution in [0.4, 0.5) is 0 Å². The summed E-state index contributed by atoms with van der Waals surface area (Å²) in [6.07, 6.45) is -0.131. The molecule has 0 aliphatic rings. The number of nitrogens with two attached hydrogens (primary N) is 1. The number of aliphatic hydroxyl groups excluding tert-OH is 1. The summed E-state index contributed by atoms with van der Waals surface area (Å²) in [5, 5.41) is 9.05. The molecule has 0 saturated carbocycles. The molecule has 0 radical (unpaired) electrons. The second kappa shape index (κ2) is 3.25. The zero-order valence-electron chi connectivity index (χ0n) is 7.70. The number of rotatable bonds is 2. The van der Waals surface area contributed by atoms with E-state index in [2.05, 4.69) is 4.98 Å². The predicted molar refractivity (Wildman–Crippen MR) is 46.5 cm³/mol. The number of imidazole rings is 1. The summed E-state index contributed by atoms with van der Waals surface area (Å²) < 4.78 is 1.84. The number of nitrogens with zero attached hydrogens (tertiary/aromatic N) is 2. The Balaban J connectivity index is 3.23. The Labute approximate surface area is 72.0 Å². The molecule has 1 aromatic heterocycles. The zero-order chi connectivity index (χ0) is 9.30. The SMILES string of the molecule is Cc1nc(C)n(C(C)N)c1CO. The Kier molecular flexibility index (Phi) is 2.49. The van der Waals surface area contributed by atoms with Crippen LogP contribution in [0.25, 0.3) is 0 Å². The van der Waals surface area contributed by atoms with Gasteiger partial charge in [0.15, 0.2) is 0 Å². The third kappa shape index (κ3) is 1.35. The van der Waals surface area contributed by atoms with Crippen LogP contribution in [0.2, 0.25) is 0 Å². The van der Waals surface area contributed by atoms with Crippen molar-refractivity contribution in [3.8, 4) is 0 Å². The Bertz CT molecular complexity index is 278. The van der Waals surface area contributed by atoms with Gasteiger partial charge in [0, 0.05) is 0 Å². The Morgan fingerprint density at radius 2 is 2.17 bits per heavy atom. The van der Waals surface area contributed by atoms with Gasteiger partial charge in [-0.2, -0.15) is 0 Å². The van der Waals surface area contributed by atoms with Crippen LogP contribution in [0.5, 0.6) is 0 Å². The van der Waals surface area contributed by atoms with Gasteiger partial charge in [0.2, 0.25) is 0 Å². The molecule has 0 bridgehead atoms. The van der Waals surface area contributed by atoms with Crippen molar-refractivity contribution in [3.63, 3.8) is 0 Å². The van der Waals surface area contributed by atoms with E-state index in [-0.39, 0.29) is 12.8 Å². The first-order valence-corrected chi connectivity index (χ1v) is 3.98. The highest BCUT2D eigenvalue weighted by Crippen LogP contribution is 2.13. The third-order valence-corrected chi connectivity index (χ3v) is 1.94. The molecule has 3 N–H and O–H groups in total. The van der Waals surface area contributed by atoms with Crippen LogP contribution in [0, 0.1) is 13.8 Å². The summed E-state index contributed by atoms with van der Waals surface area (Å²) in [5.74, 6) is 0.853. The molecule has 0 saturated heterocycles. The van der Waals surface area contributed by atoms with Crippen molar-refractivity contribution in [1.82, 2.24) is 9.55 Å². The van der Waals surface area contributed by atoms with Crippen molar-refractivity contribution in [2.75, 3.05) is 0 Å². The van der Waals surface area contributed by atoms with E-state index < -0.39 is 0 Å². The molecular formula is C8H15N3O. The minimum Gasteiger partial charge on any atom is -0.390 e. The normalized spacial score (nSPS) is 13.4. The smallest absolute Gasteiger partial charge is 0.107 e. The molecular weight excluding hydrogens is 154 g/mol. The molecule has 0 aliphatic carbocycles. The topological polar surface area (TPSA) is 64.1 Å². The number of aliphatic hydroxyl groups is 1. The van der Waals surface area contributed by atoms with Gasteiger partial charge in [0.05, 0.1) is 24.2 Å². The number of hydrogen-bond donors (Lipinski definition) is 2. The molecule has 4 heteroatoms. The lowest BCUT2D eigenvalue weighted by Crippen LogP contribution is -2.18. The second-order valence-corrected chi connectivity index (χ2v) is 2.96. The van der Waals surface area contributed by atoms with E-state index in [0.717, 1.165) is 17.2 Å². The maximum Gasteiger partial charge on any atom is 0.107 e. The van der Waals surface area contributed by atoms with Crippen LogP contribution in [0.1, 0.15) is 30.3 Å². The lowest BCUT2D eigenvalue weighted by molar-refractivity contribution is 0.266. The highest BCUT2D eigenvalue weighted by Gasteiger charge is 2.12. The highest BCUT2D eigenvalue weighted by molar-refractivity contribution is 5.15. The minimum atomic E-state index is -0.131. The Morgan fingerprint density at radius 1 is 1.58 bits per heavy atom. The predicted octanol–water partition coefficient (Wildman–Crippen LogP) is 0.469. The van der Waals surface area contributed by atoms with Crippen molar-refractivity contribution >= 4 is 0 Å². The summed E-state index contributed by atoms with van der Waals surface area (Å²) in [4.78, 5) is 4.23. The van der Waals surface area contributed by atoms with Crippen molar-refractivity contribution in [1.29, 1.82) is 0 Å². The molecule has 0 aromatic carbocycles. The fraction of sp³-hybridized carbons (Fsp3) is 0.625. The van der Waals surface area contributed by atoms with Gasteiger partial charge >= 0.3 is 0 Å². The van der Waals surface area contributed by atoms with Gasteiger partial charge in [0.1, 0.15) is 5.82 Å². The molecule has 0 fully saturated rings. The van der Waals surface area contributed by atoms with E-state index in [9.17, 15) is 0 Å². The molecule has 68 valence electrons. The highest BCUT2D eigenvalue weighted by atomic mass is 16.3. The zero-order valence-corrected chi connectivity index (χ0v) is 7.70. The first-order chi connectivity index (χ1) is 5.57. The minimum absolute atomic E-state index is 0.00574. The Morgan fingerprint density at radius 3 is 2.50 bits per heavy atom. The Hall–Kier alpha value is -0.870. The van der Waals surface area contributed by atoms with E-state index in [0.29, 0.717) is 0 Å². The van der Waals surface area contributed by atoms with Crippen molar-refractivity contribution < 1.29 is 5.11 Å². The van der Waals surface area contributed by atoms with Crippen molar-refractivity contribution in [2.45, 2.75) is 33.5 Å². The summed E-state index contributed by atoms with van der Waals surface area (Å²) in [6, 6.07) is 0. The standard InChI is InChI=1S/C8H15N3O/c1-5-8(4-12)11(6(2)9)7(3)10-5/h6,12H,4,9H2,1-3H3. The molecule has 0 aliphatic heterocycles. The first kappa shape index (κ1) is 9.22. The quantitative estimate of drug-likeness (QED) is 0.676. The fourth-order valence-corrected chi connectivity index (χ4v) is 1.46. The average Bonchev–Trinajstić information content (AvgIpc) is 2.24. The van der Waals surface area contributed by atoms with Crippen LogP contribution in [0.15, 0.2) is 0 Å². The molecule has 0 amide bonds. The maximum atomic E-state index is 9.05. The molecule has 1 unspecified atom stereocenters. The van der Waals surface area contributed by atoms with Crippen molar-refractivity contribution in [3.05, 3.63) is 17.2 Å². The summed E-state index contributed by atoms with van der Waals surface area (Å²) in [6.45, 7) is 5.62. The monoisotopic (exact) mass is 169 g/mol. The number of aromatic nitrogens is 2. The van der Waals surface area contributed by atoms with E-state index in [1.807, 2.05) is 25.3 Å². The molecule has 1 heterocycles. The van der Waals surface area contributed by atoms with Crippen molar-refractivity contribution in [2.24, 2.45) is 5.73 Å². The first-order valence-electron chi connectivity index (χ1n) is 3.98. The molecule has 0 spiro atoms. The van der Waals surface area contributed by atoms with E-state index in [4.69, 9.17) is 10.8 Å². The lowest BCUT2D eigenvalue weighted by Gasteiger charge is -2.12. The summed E-state index contributed by atoms with van der Waals surface area (Å²) in [5.41, 5.74) is 7.38. The molecule has 12 heavy (non-hydrogen) atoms. The molecule has 4 nitrogen and oxygen atoms in total. The van der Waals surface area contributed by atoms with Gasteiger partial charge in [-0.1, -0.05) is 0 Å². The van der Waals surface area contributed by atoms with Gasteiger partial charge in [-0.15, -0.1) is 0 Å². The lowest BCUT2D eigenvalue weighted by atomic mass is 10.3. The fourth-order valence-electron chi connectivity index (χ4n) is 1.46. The van der Waals surface area contributed by atoms with Crippen LogP contribution in [-0.4, -0.2) is 14.7 Å². The van der Waals surface area contributed by atoms with E-state index in [1.165, 1.54) is 0 Å². The van der Waals surface area contributed by atoms with E-state index >= 15 is 0 Å². The maximum absolute atomic E-state index is 9.05. The molecule has 1 atom stereocenters. The van der Waals surface area contributed by atoms with Crippen LogP contribution >= 0.6 is 0 Å². The van der Waals surface area contributed by atoms with Gasteiger partial charge in [-0.25, -0.2) is 4.98 Å². The third-order valence-electron chi connectivity index (χ3n) is 1.94. The summed E-state index contributed by atoms with van der Waals surface area (Å²) >= 11 is 0. The number of hydrogen-bond acceptors (Lipinski definition) is 3. The molecule has 1 aromatic rings.